The summed E-state index contributed by atoms with van der Waals surface area (Å²) >= 11 is 0. The Labute approximate surface area is 134 Å². The lowest BCUT2D eigenvalue weighted by molar-refractivity contribution is 0.102. The highest BCUT2D eigenvalue weighted by Crippen LogP contribution is 2.11. The second-order valence-electron chi connectivity index (χ2n) is 4.71. The Hall–Kier alpha value is -2.98. The predicted molar refractivity (Wildman–Crippen MR) is 86.1 cm³/mol. The van der Waals surface area contributed by atoms with Crippen LogP contribution in [0, 0.1) is 11.3 Å². The number of amides is 1. The van der Waals surface area contributed by atoms with Gasteiger partial charge in [-0.3, -0.25) is 4.79 Å². The van der Waals surface area contributed by atoms with Gasteiger partial charge >= 0.3 is 0 Å². The number of hydrogen-bond acceptors (Lipinski definition) is 6. The van der Waals surface area contributed by atoms with Crippen LogP contribution in [0.5, 0.6) is 0 Å². The number of ether oxygens (including phenoxy) is 1. The molecule has 1 amide bonds. The number of nitriles is 1. The zero-order chi connectivity index (χ0) is 16.5. The molecule has 2 aromatic rings. The van der Waals surface area contributed by atoms with E-state index in [9.17, 15) is 4.79 Å². The van der Waals surface area contributed by atoms with E-state index in [1.54, 1.807) is 31.4 Å². The lowest BCUT2D eigenvalue weighted by atomic mass is 10.2. The van der Waals surface area contributed by atoms with Crippen LogP contribution < -0.4 is 10.6 Å². The topological polar surface area (TPSA) is 99.9 Å². The van der Waals surface area contributed by atoms with Crippen molar-refractivity contribution in [1.82, 2.24) is 9.97 Å². The maximum Gasteiger partial charge on any atom is 0.275 e. The van der Waals surface area contributed by atoms with Crippen LogP contribution in [0.3, 0.4) is 0 Å². The highest BCUT2D eigenvalue weighted by atomic mass is 16.5. The van der Waals surface area contributed by atoms with Gasteiger partial charge in [0.15, 0.2) is 0 Å². The minimum Gasteiger partial charge on any atom is -0.385 e. The maximum absolute atomic E-state index is 12.1. The third kappa shape index (κ3) is 5.05. The van der Waals surface area contributed by atoms with Crippen molar-refractivity contribution in [3.63, 3.8) is 0 Å². The van der Waals surface area contributed by atoms with Crippen molar-refractivity contribution in [3.05, 3.63) is 47.9 Å². The van der Waals surface area contributed by atoms with Gasteiger partial charge in [-0.2, -0.15) is 5.26 Å². The first-order valence-corrected chi connectivity index (χ1v) is 7.09. The van der Waals surface area contributed by atoms with Crippen molar-refractivity contribution in [2.45, 2.75) is 6.42 Å². The molecule has 7 nitrogen and oxygen atoms in total. The number of rotatable bonds is 7. The van der Waals surface area contributed by atoms with E-state index < -0.39 is 0 Å². The molecule has 1 aromatic heterocycles. The molecule has 0 unspecified atom stereocenters. The molecule has 0 fully saturated rings. The molecule has 23 heavy (non-hydrogen) atoms. The molecule has 0 aliphatic carbocycles. The van der Waals surface area contributed by atoms with E-state index >= 15 is 0 Å². The number of aromatic nitrogens is 2. The number of nitrogens with one attached hydrogen (secondary N) is 2. The number of carbonyl (C=O) groups excluding carboxylic acids is 1. The summed E-state index contributed by atoms with van der Waals surface area (Å²) in [7, 11) is 1.65. The first-order valence-electron chi connectivity index (χ1n) is 7.09. The molecule has 0 spiro atoms. The molecule has 1 aromatic carbocycles. The molecular formula is C16H17N5O2. The number of anilines is 2. The van der Waals surface area contributed by atoms with Crippen molar-refractivity contribution in [3.8, 4) is 6.07 Å². The number of benzene rings is 1. The molecule has 118 valence electrons. The summed E-state index contributed by atoms with van der Waals surface area (Å²) in [6, 6.07) is 8.69. The molecule has 1 heterocycles. The molecule has 2 N–H and O–H groups in total. The number of nitrogens with zero attached hydrogens (tertiary/aromatic N) is 3. The minimum atomic E-state index is -0.376. The summed E-state index contributed by atoms with van der Waals surface area (Å²) < 4.78 is 4.95. The maximum atomic E-state index is 12.1. The van der Waals surface area contributed by atoms with E-state index in [1.807, 2.05) is 6.07 Å². The standard InChI is InChI=1S/C16H17N5O2/c1-23-7-3-6-18-15-11-19-14(10-20-15)16(22)21-13-5-2-4-12(8-13)9-17/h2,4-5,8,10-11H,3,6-7H2,1H3,(H,18,20)(H,21,22). The second-order valence-corrected chi connectivity index (χ2v) is 4.71. The van der Waals surface area contributed by atoms with E-state index in [-0.39, 0.29) is 11.6 Å². The van der Waals surface area contributed by atoms with Crippen LogP contribution in [0.15, 0.2) is 36.7 Å². The fourth-order valence-corrected chi connectivity index (χ4v) is 1.83. The molecule has 0 radical (unpaired) electrons. The van der Waals surface area contributed by atoms with Crippen LogP contribution in [0.25, 0.3) is 0 Å². The molecule has 2 rings (SSSR count). The summed E-state index contributed by atoms with van der Waals surface area (Å²) in [5.41, 5.74) is 1.22. The Morgan fingerprint density at radius 1 is 1.35 bits per heavy atom. The smallest absolute Gasteiger partial charge is 0.275 e. The normalized spacial score (nSPS) is 9.91. The summed E-state index contributed by atoms with van der Waals surface area (Å²) in [4.78, 5) is 20.3. The van der Waals surface area contributed by atoms with Gasteiger partial charge in [0.2, 0.25) is 0 Å². The number of hydrogen-bond donors (Lipinski definition) is 2. The molecule has 0 bridgehead atoms. The molecule has 0 saturated heterocycles. The van der Waals surface area contributed by atoms with E-state index in [1.165, 1.54) is 12.4 Å². The molecule has 0 aliphatic heterocycles. The van der Waals surface area contributed by atoms with Crippen molar-refractivity contribution in [2.75, 3.05) is 30.9 Å². The predicted octanol–water partition coefficient (Wildman–Crippen LogP) is 2.05. The third-order valence-electron chi connectivity index (χ3n) is 2.97. The first-order chi connectivity index (χ1) is 11.2. The zero-order valence-electron chi connectivity index (χ0n) is 12.7. The van der Waals surface area contributed by atoms with Crippen molar-refractivity contribution in [1.29, 1.82) is 5.26 Å². The molecular weight excluding hydrogens is 294 g/mol. The van der Waals surface area contributed by atoms with Crippen LogP contribution >= 0.6 is 0 Å². The lowest BCUT2D eigenvalue weighted by Gasteiger charge is -2.07. The van der Waals surface area contributed by atoms with E-state index in [4.69, 9.17) is 10.00 Å². The fraction of sp³-hybridized carbons (Fsp3) is 0.250. The minimum absolute atomic E-state index is 0.204. The van der Waals surface area contributed by atoms with Crippen LogP contribution in [0.2, 0.25) is 0 Å². The largest absolute Gasteiger partial charge is 0.385 e. The van der Waals surface area contributed by atoms with E-state index in [0.717, 1.165) is 13.0 Å². The summed E-state index contributed by atoms with van der Waals surface area (Å²) in [5, 5.41) is 14.6. The van der Waals surface area contributed by atoms with Crippen LogP contribution in [-0.4, -0.2) is 36.1 Å². The van der Waals surface area contributed by atoms with Crippen molar-refractivity contribution in [2.24, 2.45) is 0 Å². The second kappa shape index (κ2) is 8.46. The summed E-state index contributed by atoms with van der Waals surface area (Å²) in [5.74, 6) is 0.225. The van der Waals surface area contributed by atoms with Crippen LogP contribution in [-0.2, 0) is 4.74 Å². The quantitative estimate of drug-likeness (QED) is 0.759. The Balaban J connectivity index is 1.93. The Morgan fingerprint density at radius 2 is 2.22 bits per heavy atom. The van der Waals surface area contributed by atoms with Gasteiger partial charge in [-0.25, -0.2) is 9.97 Å². The van der Waals surface area contributed by atoms with Crippen molar-refractivity contribution >= 4 is 17.4 Å². The van der Waals surface area contributed by atoms with Gasteiger partial charge in [0, 0.05) is 25.9 Å². The number of carbonyl (C=O) groups is 1. The Bertz CT molecular complexity index is 694. The van der Waals surface area contributed by atoms with Crippen LogP contribution in [0.4, 0.5) is 11.5 Å². The zero-order valence-corrected chi connectivity index (χ0v) is 12.7. The van der Waals surface area contributed by atoms with Gasteiger partial charge in [-0.05, 0) is 24.6 Å². The Kier molecular flexibility index (Phi) is 6.03. The Morgan fingerprint density at radius 3 is 2.91 bits per heavy atom. The van der Waals surface area contributed by atoms with Gasteiger partial charge in [-0.1, -0.05) is 6.07 Å². The van der Waals surface area contributed by atoms with Crippen LogP contribution in [0.1, 0.15) is 22.5 Å². The van der Waals surface area contributed by atoms with Gasteiger partial charge in [-0.15, -0.1) is 0 Å². The highest BCUT2D eigenvalue weighted by molar-refractivity contribution is 6.02. The van der Waals surface area contributed by atoms with E-state index in [2.05, 4.69) is 20.6 Å². The monoisotopic (exact) mass is 311 g/mol. The third-order valence-corrected chi connectivity index (χ3v) is 2.97. The molecule has 0 atom stereocenters. The van der Waals surface area contributed by atoms with Gasteiger partial charge < -0.3 is 15.4 Å². The van der Waals surface area contributed by atoms with Crippen molar-refractivity contribution < 1.29 is 9.53 Å². The van der Waals surface area contributed by atoms with Gasteiger partial charge in [0.05, 0.1) is 24.0 Å². The average Bonchev–Trinajstić information content (AvgIpc) is 2.59. The lowest BCUT2D eigenvalue weighted by Crippen LogP contribution is -2.15. The number of methoxy groups -OCH3 is 1. The average molecular weight is 311 g/mol. The van der Waals surface area contributed by atoms with Gasteiger partial charge in [0.25, 0.3) is 5.91 Å². The molecule has 0 saturated carbocycles. The molecule has 0 aliphatic rings. The SMILES string of the molecule is COCCCNc1cnc(C(=O)Nc2cccc(C#N)c2)cn1. The summed E-state index contributed by atoms with van der Waals surface area (Å²) in [6.07, 6.45) is 3.77. The summed E-state index contributed by atoms with van der Waals surface area (Å²) in [6.45, 7) is 1.39. The van der Waals surface area contributed by atoms with E-state index in [0.29, 0.717) is 23.7 Å². The van der Waals surface area contributed by atoms with Gasteiger partial charge in [0.1, 0.15) is 11.5 Å². The molecule has 7 heteroatoms. The first kappa shape index (κ1) is 16.4. The fourth-order valence-electron chi connectivity index (χ4n) is 1.83. The highest BCUT2D eigenvalue weighted by Gasteiger charge is 2.08.